The third-order valence-corrected chi connectivity index (χ3v) is 4.05. The fourth-order valence-corrected chi connectivity index (χ4v) is 2.50. The lowest BCUT2D eigenvalue weighted by Gasteiger charge is -2.13. The second kappa shape index (κ2) is 5.16. The number of nitrogens with one attached hydrogen (secondary N) is 1. The van der Waals surface area contributed by atoms with Gasteiger partial charge in [0, 0.05) is 18.5 Å². The Balaban J connectivity index is 2.00. The van der Waals surface area contributed by atoms with Gasteiger partial charge in [-0.2, -0.15) is 0 Å². The van der Waals surface area contributed by atoms with Crippen LogP contribution in [0.25, 0.3) is 0 Å². The van der Waals surface area contributed by atoms with Crippen LogP contribution in [0.15, 0.2) is 11.7 Å². The van der Waals surface area contributed by atoms with Crippen LogP contribution < -0.4 is 5.32 Å². The van der Waals surface area contributed by atoms with Gasteiger partial charge in [0.05, 0.1) is 23.4 Å². The van der Waals surface area contributed by atoms with Crippen molar-refractivity contribution >= 4 is 22.9 Å². The number of aryl methyl sites for hydroxylation is 1. The van der Waals surface area contributed by atoms with E-state index in [0.29, 0.717) is 5.15 Å². The topological polar surface area (TPSA) is 42.7 Å². The number of hydrogen-bond acceptors (Lipinski definition) is 4. The van der Waals surface area contributed by atoms with Gasteiger partial charge in [-0.3, -0.25) is 0 Å². The number of aromatic nitrogens is 3. The Bertz CT molecular complexity index is 505. The van der Waals surface area contributed by atoms with Crippen LogP contribution in [0.5, 0.6) is 0 Å². The van der Waals surface area contributed by atoms with Crippen molar-refractivity contribution in [3.05, 3.63) is 33.3 Å². The summed E-state index contributed by atoms with van der Waals surface area (Å²) in [6, 6.07) is 0.161. The first-order chi connectivity index (χ1) is 8.09. The van der Waals surface area contributed by atoms with Gasteiger partial charge in [0.1, 0.15) is 11.0 Å². The first kappa shape index (κ1) is 12.5. The highest BCUT2D eigenvalue weighted by Crippen LogP contribution is 2.17. The Morgan fingerprint density at radius 1 is 1.53 bits per heavy atom. The van der Waals surface area contributed by atoms with Gasteiger partial charge >= 0.3 is 0 Å². The van der Waals surface area contributed by atoms with Gasteiger partial charge in [-0.15, -0.1) is 11.3 Å². The normalized spacial score (nSPS) is 12.9. The predicted octanol–water partition coefficient (Wildman–Crippen LogP) is 2.69. The molecule has 0 aliphatic heterocycles. The van der Waals surface area contributed by atoms with Crippen LogP contribution in [-0.4, -0.2) is 14.5 Å². The predicted molar refractivity (Wildman–Crippen MR) is 70.3 cm³/mol. The van der Waals surface area contributed by atoms with E-state index in [2.05, 4.69) is 22.2 Å². The van der Waals surface area contributed by atoms with Gasteiger partial charge in [-0.05, 0) is 13.8 Å². The quantitative estimate of drug-likeness (QED) is 0.929. The molecule has 0 saturated carbocycles. The minimum atomic E-state index is 0.161. The van der Waals surface area contributed by atoms with E-state index < -0.39 is 0 Å². The van der Waals surface area contributed by atoms with E-state index in [9.17, 15) is 0 Å². The summed E-state index contributed by atoms with van der Waals surface area (Å²) < 4.78 is 1.89. The van der Waals surface area contributed by atoms with Crippen LogP contribution >= 0.6 is 22.9 Å². The molecule has 6 heteroatoms. The molecule has 1 N–H and O–H groups in total. The zero-order valence-corrected chi connectivity index (χ0v) is 11.6. The minimum Gasteiger partial charge on any atom is -0.321 e. The van der Waals surface area contributed by atoms with Gasteiger partial charge in [0.25, 0.3) is 0 Å². The highest BCUT2D eigenvalue weighted by Gasteiger charge is 2.13. The van der Waals surface area contributed by atoms with Gasteiger partial charge < -0.3 is 9.88 Å². The van der Waals surface area contributed by atoms with Crippen molar-refractivity contribution in [2.24, 2.45) is 7.05 Å². The first-order valence-corrected chi connectivity index (χ1v) is 6.64. The highest BCUT2D eigenvalue weighted by atomic mass is 35.5. The molecule has 1 atom stereocenters. The molecule has 0 radical (unpaired) electrons. The van der Waals surface area contributed by atoms with Crippen LogP contribution in [0.3, 0.4) is 0 Å². The van der Waals surface area contributed by atoms with Gasteiger partial charge in [0.15, 0.2) is 0 Å². The van der Waals surface area contributed by atoms with Crippen molar-refractivity contribution in [1.29, 1.82) is 0 Å². The van der Waals surface area contributed by atoms with Gasteiger partial charge in [0.2, 0.25) is 0 Å². The Morgan fingerprint density at radius 2 is 2.29 bits per heavy atom. The highest BCUT2D eigenvalue weighted by molar-refractivity contribution is 7.09. The average Bonchev–Trinajstić information content (AvgIpc) is 2.84. The number of halogens is 1. The summed E-state index contributed by atoms with van der Waals surface area (Å²) in [6.45, 7) is 4.91. The van der Waals surface area contributed by atoms with Crippen LogP contribution in [0.1, 0.15) is 29.4 Å². The molecule has 2 aromatic rings. The second-order valence-corrected chi connectivity index (χ2v) is 5.29. The molecule has 0 unspecified atom stereocenters. The molecule has 17 heavy (non-hydrogen) atoms. The largest absolute Gasteiger partial charge is 0.321 e. The summed E-state index contributed by atoms with van der Waals surface area (Å²) in [6.07, 6.45) is 1.67. The standard InChI is InChI=1S/C11H15ClN4S/c1-7-9(17-6-15-7)4-13-8(2)11-14-5-10(12)16(11)3/h5-6,8,13H,4H2,1-3H3/t8-/m1/s1. The molecule has 2 heterocycles. The van der Waals surface area contributed by atoms with Crippen LogP contribution in [-0.2, 0) is 13.6 Å². The van der Waals surface area contributed by atoms with Crippen LogP contribution in [0.2, 0.25) is 5.15 Å². The smallest absolute Gasteiger partial charge is 0.128 e. The Morgan fingerprint density at radius 3 is 2.82 bits per heavy atom. The molecule has 0 aliphatic rings. The zero-order chi connectivity index (χ0) is 12.4. The van der Waals surface area contributed by atoms with Crippen molar-refractivity contribution in [1.82, 2.24) is 19.9 Å². The van der Waals surface area contributed by atoms with Crippen molar-refractivity contribution in [3.8, 4) is 0 Å². The number of hydrogen-bond donors (Lipinski definition) is 1. The van der Waals surface area contributed by atoms with Crippen molar-refractivity contribution in [3.63, 3.8) is 0 Å². The number of imidazole rings is 1. The molecule has 2 rings (SSSR count). The monoisotopic (exact) mass is 270 g/mol. The van der Waals surface area contributed by atoms with E-state index in [1.165, 1.54) is 4.88 Å². The third-order valence-electron chi connectivity index (χ3n) is 2.77. The maximum absolute atomic E-state index is 5.96. The first-order valence-electron chi connectivity index (χ1n) is 5.39. The molecular weight excluding hydrogens is 256 g/mol. The fraction of sp³-hybridized carbons (Fsp3) is 0.455. The van der Waals surface area contributed by atoms with E-state index in [1.54, 1.807) is 17.5 Å². The summed E-state index contributed by atoms with van der Waals surface area (Å²) >= 11 is 7.63. The van der Waals surface area contributed by atoms with E-state index in [-0.39, 0.29) is 6.04 Å². The third kappa shape index (κ3) is 2.68. The SMILES string of the molecule is Cc1ncsc1CN[C@H](C)c1ncc(Cl)n1C. The summed E-state index contributed by atoms with van der Waals surface area (Å²) in [4.78, 5) is 9.78. The average molecular weight is 271 g/mol. The lowest BCUT2D eigenvalue weighted by atomic mass is 10.3. The molecule has 0 amide bonds. The molecular formula is C11H15ClN4S. The van der Waals surface area contributed by atoms with Crippen molar-refractivity contribution < 1.29 is 0 Å². The Hall–Kier alpha value is -0.910. The number of thiazole rings is 1. The number of rotatable bonds is 4. The lowest BCUT2D eigenvalue weighted by Crippen LogP contribution is -2.21. The molecule has 0 aliphatic carbocycles. The number of nitrogens with zero attached hydrogens (tertiary/aromatic N) is 3. The van der Waals surface area contributed by atoms with Crippen molar-refractivity contribution in [2.45, 2.75) is 26.4 Å². The van der Waals surface area contributed by atoms with E-state index in [1.807, 2.05) is 24.0 Å². The molecule has 0 bridgehead atoms. The maximum atomic E-state index is 5.96. The van der Waals surface area contributed by atoms with Crippen LogP contribution in [0, 0.1) is 6.92 Å². The van der Waals surface area contributed by atoms with Crippen molar-refractivity contribution in [2.75, 3.05) is 0 Å². The van der Waals surface area contributed by atoms with Gasteiger partial charge in [-0.1, -0.05) is 11.6 Å². The van der Waals surface area contributed by atoms with E-state index in [0.717, 1.165) is 18.1 Å². The minimum absolute atomic E-state index is 0.161. The second-order valence-electron chi connectivity index (χ2n) is 3.96. The van der Waals surface area contributed by atoms with Gasteiger partial charge in [-0.25, -0.2) is 9.97 Å². The Kier molecular flexibility index (Phi) is 3.81. The molecule has 92 valence electrons. The molecule has 4 nitrogen and oxygen atoms in total. The molecule has 0 saturated heterocycles. The van der Waals surface area contributed by atoms with Crippen LogP contribution in [0.4, 0.5) is 0 Å². The molecule has 0 spiro atoms. The molecule has 2 aromatic heterocycles. The van der Waals surface area contributed by atoms with E-state index in [4.69, 9.17) is 11.6 Å². The maximum Gasteiger partial charge on any atom is 0.128 e. The fourth-order valence-electron chi connectivity index (χ4n) is 1.64. The molecule has 0 fully saturated rings. The lowest BCUT2D eigenvalue weighted by molar-refractivity contribution is 0.532. The summed E-state index contributed by atoms with van der Waals surface area (Å²) in [5.74, 6) is 0.942. The summed E-state index contributed by atoms with van der Waals surface area (Å²) in [5, 5.41) is 4.08. The Labute approximate surface area is 110 Å². The molecule has 0 aromatic carbocycles. The van der Waals surface area contributed by atoms with E-state index >= 15 is 0 Å². The summed E-state index contributed by atoms with van der Waals surface area (Å²) in [5.41, 5.74) is 2.96. The zero-order valence-electron chi connectivity index (χ0n) is 10.1. The summed E-state index contributed by atoms with van der Waals surface area (Å²) in [7, 11) is 1.92.